The van der Waals surface area contributed by atoms with Crippen molar-refractivity contribution in [1.82, 2.24) is 20.5 Å². The van der Waals surface area contributed by atoms with E-state index in [-0.39, 0.29) is 68.1 Å². The van der Waals surface area contributed by atoms with Crippen molar-refractivity contribution in [2.75, 3.05) is 42.8 Å². The molecule has 0 spiro atoms. The smallest absolute Gasteiger partial charge is 0.417 e. The molecule has 7 rings (SSSR count). The summed E-state index contributed by atoms with van der Waals surface area (Å²) in [5.41, 5.74) is 1.39. The molecule has 2 aliphatic rings. The summed E-state index contributed by atoms with van der Waals surface area (Å²) < 4.78 is 58.8. The van der Waals surface area contributed by atoms with Crippen LogP contribution in [0, 0.1) is 23.7 Å². The van der Waals surface area contributed by atoms with Gasteiger partial charge in [0.05, 0.1) is 63.8 Å². The van der Waals surface area contributed by atoms with Gasteiger partial charge in [0, 0.05) is 25.2 Å². The summed E-state index contributed by atoms with van der Waals surface area (Å²) in [5.74, 6) is -1.30. The van der Waals surface area contributed by atoms with Crippen LogP contribution < -0.4 is 29.9 Å². The highest BCUT2D eigenvalue weighted by atomic mass is 32.1. The fourth-order valence-corrected chi connectivity index (χ4v) is 9.78. The van der Waals surface area contributed by atoms with Crippen molar-refractivity contribution in [1.29, 1.82) is 5.26 Å². The van der Waals surface area contributed by atoms with E-state index in [0.717, 1.165) is 38.7 Å². The number of alkyl halides is 3. The topological polar surface area (TPSA) is 187 Å². The van der Waals surface area contributed by atoms with Crippen LogP contribution in [0.3, 0.4) is 0 Å². The lowest BCUT2D eigenvalue weighted by atomic mass is 9.85. The number of aryl methyl sites for hydroxylation is 1. The first-order chi connectivity index (χ1) is 34.1. The molecule has 1 aromatic heterocycles. The van der Waals surface area contributed by atoms with Crippen molar-refractivity contribution in [3.05, 3.63) is 124 Å². The zero-order valence-electron chi connectivity index (χ0n) is 40.4. The van der Waals surface area contributed by atoms with Crippen molar-refractivity contribution in [3.63, 3.8) is 0 Å². The summed E-state index contributed by atoms with van der Waals surface area (Å²) in [6, 6.07) is 23.6. The maximum Gasteiger partial charge on any atom is 0.417 e. The van der Waals surface area contributed by atoms with Crippen molar-refractivity contribution in [2.45, 2.75) is 84.4 Å². The summed E-state index contributed by atoms with van der Waals surface area (Å²) >= 11 is 7.18. The number of nitrogens with zero attached hydrogens (tertiary/aromatic N) is 5. The fourth-order valence-electron chi connectivity index (χ4n) is 8.45. The van der Waals surface area contributed by atoms with Gasteiger partial charge in [-0.25, -0.2) is 4.98 Å². The summed E-state index contributed by atoms with van der Waals surface area (Å²) in [4.78, 5) is 64.6. The number of carbonyl (C=O) groups excluding carboxylic acids is 4. The number of thiazole rings is 1. The van der Waals surface area contributed by atoms with Gasteiger partial charge in [0.1, 0.15) is 42.3 Å². The van der Waals surface area contributed by atoms with Crippen molar-refractivity contribution >= 4 is 63.7 Å². The Morgan fingerprint density at radius 1 is 0.958 bits per heavy atom. The van der Waals surface area contributed by atoms with E-state index < -0.39 is 70.1 Å². The molecule has 1 unspecified atom stereocenters. The lowest BCUT2D eigenvalue weighted by molar-refractivity contribution is -0.142. The molecule has 20 heteroatoms. The number of benzene rings is 4. The number of thiocarbonyl (C=S) groups is 1. The average molecular weight is 1030 g/mol. The number of nitrogens with one attached hydrogen (secondary N) is 2. The standard InChI is InChI=1S/C52H54F3N7O8S2/c1-31-43(72-30-58-31)33-13-11-32(12-14-33)28-57-46(65)41-26-37(63)29-60(41)47(66)44(50(2,3)4)59-45(64)39-9-7-8-10-42(39)70-24-22-68-21-23-69-38-19-17-35(18-20-38)62-49(71)61(48(67)51(62,5)6)36-16-15-34(27-56)40(25-36)52(53,54)55/h7-20,25,30,37,41,44,63H,21-24,26,28-29H2,1-6H3,(H,57,65)(H,59,64)/t37-,41+,44?/m1/s1. The molecule has 2 fully saturated rings. The quantitative estimate of drug-likeness (QED) is 0.0607. The van der Waals surface area contributed by atoms with E-state index in [1.807, 2.05) is 31.2 Å². The number of ether oxygens (including phenoxy) is 3. The van der Waals surface area contributed by atoms with Crippen LogP contribution in [0.25, 0.3) is 10.4 Å². The normalized spacial score (nSPS) is 17.2. The average Bonchev–Trinajstić information content (AvgIpc) is 4.01. The molecule has 0 saturated carbocycles. The third-order valence-electron chi connectivity index (χ3n) is 12.2. The number of aromatic nitrogens is 1. The van der Waals surface area contributed by atoms with Gasteiger partial charge in [-0.3, -0.25) is 24.1 Å². The van der Waals surface area contributed by atoms with Crippen LogP contribution in [0.1, 0.15) is 73.8 Å². The molecule has 5 aromatic rings. The van der Waals surface area contributed by atoms with E-state index in [2.05, 4.69) is 15.6 Å². The molecule has 378 valence electrons. The fraction of sp³-hybridized carbons (Fsp3) is 0.365. The van der Waals surface area contributed by atoms with E-state index in [1.54, 1.807) is 105 Å². The summed E-state index contributed by atoms with van der Waals surface area (Å²) in [7, 11) is 0. The number of amides is 4. The van der Waals surface area contributed by atoms with Gasteiger partial charge in [0.25, 0.3) is 11.8 Å². The van der Waals surface area contributed by atoms with Gasteiger partial charge in [0.2, 0.25) is 11.8 Å². The maximum atomic E-state index is 14.3. The first kappa shape index (κ1) is 52.9. The van der Waals surface area contributed by atoms with E-state index >= 15 is 0 Å². The Hall–Kier alpha value is -6.92. The molecule has 0 radical (unpaired) electrons. The number of likely N-dealkylation sites (tertiary alicyclic amines) is 1. The van der Waals surface area contributed by atoms with Gasteiger partial charge >= 0.3 is 6.18 Å². The molecule has 3 atom stereocenters. The monoisotopic (exact) mass is 1030 g/mol. The van der Waals surface area contributed by atoms with Crippen LogP contribution in [0.15, 0.2) is 96.5 Å². The molecular weight excluding hydrogens is 972 g/mol. The van der Waals surface area contributed by atoms with Crippen LogP contribution in [-0.2, 0) is 31.8 Å². The summed E-state index contributed by atoms with van der Waals surface area (Å²) in [5, 5.41) is 25.7. The number of aliphatic hydroxyl groups is 1. The number of halogens is 3. The molecule has 2 aliphatic heterocycles. The number of rotatable bonds is 17. The molecule has 0 aliphatic carbocycles. The minimum atomic E-state index is -4.82. The molecule has 3 heterocycles. The van der Waals surface area contributed by atoms with Crippen LogP contribution >= 0.6 is 23.6 Å². The highest BCUT2D eigenvalue weighted by Crippen LogP contribution is 2.40. The Bertz CT molecular complexity index is 2860. The highest BCUT2D eigenvalue weighted by molar-refractivity contribution is 7.81. The number of hydrogen-bond donors (Lipinski definition) is 3. The van der Waals surface area contributed by atoms with Crippen LogP contribution in [0.2, 0.25) is 0 Å². The highest BCUT2D eigenvalue weighted by Gasteiger charge is 2.51. The van der Waals surface area contributed by atoms with Crippen LogP contribution in [0.4, 0.5) is 24.5 Å². The Kier molecular flexibility index (Phi) is 16.0. The number of aliphatic hydroxyl groups excluding tert-OH is 1. The third-order valence-corrected chi connectivity index (χ3v) is 13.6. The molecule has 3 N–H and O–H groups in total. The van der Waals surface area contributed by atoms with Crippen LogP contribution in [0.5, 0.6) is 11.5 Å². The predicted molar refractivity (Wildman–Crippen MR) is 268 cm³/mol. The number of anilines is 2. The second kappa shape index (κ2) is 21.8. The minimum absolute atomic E-state index is 0.0350. The molecule has 4 amide bonds. The first-order valence-electron chi connectivity index (χ1n) is 23.0. The van der Waals surface area contributed by atoms with E-state index in [4.69, 9.17) is 26.4 Å². The zero-order valence-corrected chi connectivity index (χ0v) is 42.0. The van der Waals surface area contributed by atoms with E-state index in [1.165, 1.54) is 17.0 Å². The van der Waals surface area contributed by atoms with E-state index in [0.29, 0.717) is 11.4 Å². The molecule has 0 bridgehead atoms. The van der Waals surface area contributed by atoms with Crippen LogP contribution in [-0.4, -0.2) is 100 Å². The lowest BCUT2D eigenvalue weighted by Gasteiger charge is -2.35. The largest absolute Gasteiger partial charge is 0.491 e. The Balaban J connectivity index is 0.885. The predicted octanol–water partition coefficient (Wildman–Crippen LogP) is 7.82. The summed E-state index contributed by atoms with van der Waals surface area (Å²) in [6.07, 6.45) is -5.70. The first-order valence-corrected chi connectivity index (χ1v) is 24.3. The number of para-hydroxylation sites is 1. The maximum absolute atomic E-state index is 14.3. The SMILES string of the molecule is Cc1ncsc1-c1ccc(CNC(=O)[C@@H]2C[C@@H](O)CN2C(=O)C(NC(=O)c2ccccc2OCCOCCOc2ccc(N3C(=S)N(c4ccc(C#N)c(C(F)(F)F)c4)C(=O)C3(C)C)cc2)C(C)(C)C)cc1. The molecule has 4 aromatic carbocycles. The van der Waals surface area contributed by atoms with Crippen molar-refractivity contribution < 1.29 is 51.7 Å². The number of nitriles is 1. The van der Waals surface area contributed by atoms with Crippen molar-refractivity contribution in [3.8, 4) is 28.0 Å². The van der Waals surface area contributed by atoms with Gasteiger partial charge in [-0.2, -0.15) is 18.4 Å². The number of hydrogen-bond acceptors (Lipinski definition) is 12. The second-order valence-corrected chi connectivity index (χ2v) is 20.0. The van der Waals surface area contributed by atoms with Gasteiger partial charge in [0.15, 0.2) is 5.11 Å². The molecular formula is C52H54F3N7O8S2. The van der Waals surface area contributed by atoms with Crippen molar-refractivity contribution in [2.24, 2.45) is 5.41 Å². The molecule has 15 nitrogen and oxygen atoms in total. The van der Waals surface area contributed by atoms with Gasteiger partial charge in [-0.1, -0.05) is 57.2 Å². The second-order valence-electron chi connectivity index (χ2n) is 18.8. The van der Waals surface area contributed by atoms with Gasteiger partial charge < -0.3 is 39.8 Å². The third kappa shape index (κ3) is 11.7. The Morgan fingerprint density at radius 2 is 1.62 bits per heavy atom. The number of carbonyl (C=O) groups is 4. The Labute approximate surface area is 424 Å². The molecule has 2 saturated heterocycles. The number of β-amino-alcohol motifs (C(OH)–C–C–N with tert-alkyl or cyclic N) is 1. The lowest BCUT2D eigenvalue weighted by Crippen LogP contribution is -2.57. The zero-order chi connectivity index (χ0) is 52.1. The minimum Gasteiger partial charge on any atom is -0.491 e. The summed E-state index contributed by atoms with van der Waals surface area (Å²) in [6.45, 7) is 11.3. The Morgan fingerprint density at radius 3 is 2.26 bits per heavy atom. The van der Waals surface area contributed by atoms with Gasteiger partial charge in [-0.05, 0) is 104 Å². The molecule has 72 heavy (non-hydrogen) atoms. The van der Waals surface area contributed by atoms with Gasteiger partial charge in [-0.15, -0.1) is 11.3 Å². The van der Waals surface area contributed by atoms with E-state index in [9.17, 15) is 42.7 Å².